The Morgan fingerprint density at radius 2 is 1.91 bits per heavy atom. The van der Waals surface area contributed by atoms with Crippen molar-refractivity contribution in [2.45, 2.75) is 30.0 Å². The van der Waals surface area contributed by atoms with Crippen LogP contribution in [0.3, 0.4) is 0 Å². The first kappa shape index (κ1) is 30.3. The van der Waals surface area contributed by atoms with Gasteiger partial charge >= 0.3 is 5.69 Å². The van der Waals surface area contributed by atoms with Crippen molar-refractivity contribution in [2.24, 2.45) is 0 Å². The Bertz CT molecular complexity index is 2030. The Morgan fingerprint density at radius 3 is 2.56 bits per heavy atom. The largest absolute Gasteiger partial charge is 0.398 e. The molecule has 0 bridgehead atoms. The van der Waals surface area contributed by atoms with Gasteiger partial charge in [-0.1, -0.05) is 12.6 Å². The molecule has 234 valence electrons. The van der Waals surface area contributed by atoms with Gasteiger partial charge in [-0.2, -0.15) is 4.98 Å². The lowest BCUT2D eigenvalue weighted by molar-refractivity contribution is -0.126. The number of nitrogen functional groups attached to an aromatic ring is 1. The Morgan fingerprint density at radius 1 is 1.16 bits per heavy atom. The zero-order valence-corrected chi connectivity index (χ0v) is 25.2. The Balaban J connectivity index is 1.66. The zero-order valence-electron chi connectivity index (χ0n) is 24.4. The maximum Gasteiger partial charge on any atom is 0.355 e. The van der Waals surface area contributed by atoms with Crippen LogP contribution in [0.1, 0.15) is 12.6 Å². The van der Waals surface area contributed by atoms with Crippen molar-refractivity contribution in [3.05, 3.63) is 77.0 Å². The smallest absolute Gasteiger partial charge is 0.355 e. The molecule has 5 heterocycles. The summed E-state index contributed by atoms with van der Waals surface area (Å²) >= 11 is 0. The molecule has 0 radical (unpaired) electrons. The molecule has 2 aliphatic rings. The average molecular weight is 638 g/mol. The number of piperazine rings is 1. The summed E-state index contributed by atoms with van der Waals surface area (Å²) < 4.78 is 64.5. The van der Waals surface area contributed by atoms with Gasteiger partial charge in [0.2, 0.25) is 5.91 Å². The van der Waals surface area contributed by atoms with Gasteiger partial charge < -0.3 is 20.3 Å². The maximum absolute atomic E-state index is 16.0. The predicted octanol–water partition coefficient (Wildman–Crippen LogP) is 2.41. The summed E-state index contributed by atoms with van der Waals surface area (Å²) in [4.78, 5) is 42.5. The topological polar surface area (TPSA) is 154 Å². The lowest BCUT2D eigenvalue weighted by atomic mass is 10.1. The number of carbonyl (C=O) groups excluding carboxylic acids is 1. The van der Waals surface area contributed by atoms with Crippen LogP contribution in [0.4, 0.5) is 20.3 Å². The van der Waals surface area contributed by atoms with Gasteiger partial charge in [-0.15, -0.1) is 0 Å². The number of fused-ring (bicyclic) bond motifs is 1. The van der Waals surface area contributed by atoms with Crippen molar-refractivity contribution >= 4 is 38.3 Å². The summed E-state index contributed by atoms with van der Waals surface area (Å²) in [5, 5.41) is -0.790. The Labute approximate surface area is 256 Å². The minimum absolute atomic E-state index is 0.0195. The molecule has 12 nitrogen and oxygen atoms in total. The van der Waals surface area contributed by atoms with Crippen molar-refractivity contribution in [3.8, 4) is 16.9 Å². The summed E-state index contributed by atoms with van der Waals surface area (Å²) in [5.74, 6) is -1.97. The second-order valence-electron chi connectivity index (χ2n) is 10.9. The molecule has 2 fully saturated rings. The highest BCUT2D eigenvalue weighted by Gasteiger charge is 2.37. The van der Waals surface area contributed by atoms with E-state index in [0.29, 0.717) is 0 Å². The molecular weight excluding hydrogens is 608 g/mol. The third-order valence-electron chi connectivity index (χ3n) is 8.12. The summed E-state index contributed by atoms with van der Waals surface area (Å²) in [7, 11) is -4.02. The SMILES string of the molecule is C=CC(=O)N1CCN(c2nc(=O)n(-c3c(S(=O)(=O)C4COC4)ccnc3C)c3nc(-c4c(N)cccc4F)c(F)cc23)[C@@H](C)C1. The van der Waals surface area contributed by atoms with Crippen molar-refractivity contribution in [1.82, 2.24) is 24.4 Å². The van der Waals surface area contributed by atoms with Gasteiger partial charge in [0.25, 0.3) is 0 Å². The number of anilines is 2. The monoisotopic (exact) mass is 637 g/mol. The summed E-state index contributed by atoms with van der Waals surface area (Å²) in [6.45, 7) is 7.61. The number of pyridine rings is 2. The van der Waals surface area contributed by atoms with E-state index >= 15 is 8.78 Å². The molecule has 0 aliphatic carbocycles. The van der Waals surface area contributed by atoms with E-state index in [1.54, 1.807) is 9.80 Å². The molecule has 6 rings (SSSR count). The van der Waals surface area contributed by atoms with Crippen LogP contribution in [-0.4, -0.2) is 82.9 Å². The predicted molar refractivity (Wildman–Crippen MR) is 163 cm³/mol. The molecule has 3 aromatic heterocycles. The van der Waals surface area contributed by atoms with Crippen LogP contribution >= 0.6 is 0 Å². The molecular formula is C30H29F2N7O5S. The second-order valence-corrected chi connectivity index (χ2v) is 13.1. The van der Waals surface area contributed by atoms with E-state index in [2.05, 4.69) is 21.5 Å². The van der Waals surface area contributed by atoms with Crippen molar-refractivity contribution in [2.75, 3.05) is 43.5 Å². The summed E-state index contributed by atoms with van der Waals surface area (Å²) in [5.41, 5.74) is 4.11. The number of sulfone groups is 1. The molecule has 15 heteroatoms. The Hall–Kier alpha value is -4.76. The minimum atomic E-state index is -4.02. The fourth-order valence-corrected chi connectivity index (χ4v) is 7.37. The van der Waals surface area contributed by atoms with E-state index in [0.717, 1.165) is 16.7 Å². The van der Waals surface area contributed by atoms with Crippen LogP contribution < -0.4 is 16.3 Å². The Kier molecular flexibility index (Phi) is 7.61. The van der Waals surface area contributed by atoms with Crippen LogP contribution in [0, 0.1) is 18.6 Å². The molecule has 1 amide bonds. The third-order valence-corrected chi connectivity index (χ3v) is 10.2. The number of nitrogens with two attached hydrogens (primary N) is 1. The standard InChI is InChI=1S/C30H29F2N7O5S/c1-4-24(40)37-10-11-38(16(2)13-37)28-19-12-21(32)26(25-20(31)6-5-7-22(25)33)35-29(19)39(30(41)36-28)27-17(3)34-9-8-23(27)45(42,43)18-14-44-15-18/h4-9,12,16,18H,1,10-11,13-15,33H2,2-3H3/t16-/m0/s1. The van der Waals surface area contributed by atoms with Crippen LogP contribution in [-0.2, 0) is 19.4 Å². The maximum atomic E-state index is 16.0. The lowest BCUT2D eigenvalue weighted by Crippen LogP contribution is -2.54. The number of aromatic nitrogens is 4. The van der Waals surface area contributed by atoms with Crippen molar-refractivity contribution < 1.29 is 26.7 Å². The number of halogens is 2. The molecule has 0 saturated carbocycles. The number of hydrogen-bond donors (Lipinski definition) is 1. The summed E-state index contributed by atoms with van der Waals surface area (Å²) in [6.07, 6.45) is 2.52. The first-order chi connectivity index (χ1) is 21.4. The van der Waals surface area contributed by atoms with E-state index in [1.807, 2.05) is 6.92 Å². The molecule has 2 N–H and O–H groups in total. The molecule has 4 aromatic rings. The van der Waals surface area contributed by atoms with Gasteiger partial charge in [0.15, 0.2) is 21.3 Å². The van der Waals surface area contributed by atoms with Crippen LogP contribution in [0.5, 0.6) is 0 Å². The second kappa shape index (κ2) is 11.3. The van der Waals surface area contributed by atoms with Crippen LogP contribution in [0.2, 0.25) is 0 Å². The van der Waals surface area contributed by atoms with Gasteiger partial charge in [0.1, 0.15) is 22.6 Å². The molecule has 1 aromatic carbocycles. The van der Waals surface area contributed by atoms with Crippen molar-refractivity contribution in [1.29, 1.82) is 0 Å². The van der Waals surface area contributed by atoms with Gasteiger partial charge in [-0.25, -0.2) is 31.5 Å². The quantitative estimate of drug-likeness (QED) is 0.246. The van der Waals surface area contributed by atoms with Gasteiger partial charge in [0, 0.05) is 37.6 Å². The number of nitrogens with zero attached hydrogens (tertiary/aromatic N) is 6. The highest BCUT2D eigenvalue weighted by Crippen LogP contribution is 2.36. The number of rotatable bonds is 6. The average Bonchev–Trinajstić information content (AvgIpc) is 2.96. The zero-order chi connectivity index (χ0) is 32.2. The van der Waals surface area contributed by atoms with Gasteiger partial charge in [0.05, 0.1) is 40.4 Å². The number of carbonyl (C=O) groups is 1. The first-order valence-corrected chi connectivity index (χ1v) is 15.6. The fraction of sp³-hybridized carbons (Fsp3) is 0.300. The molecule has 2 saturated heterocycles. The van der Waals surface area contributed by atoms with Crippen LogP contribution in [0.25, 0.3) is 28.0 Å². The lowest BCUT2D eigenvalue weighted by Gasteiger charge is -2.40. The summed E-state index contributed by atoms with van der Waals surface area (Å²) in [6, 6.07) is 5.84. The van der Waals surface area contributed by atoms with E-state index in [4.69, 9.17) is 10.5 Å². The molecule has 2 aliphatic heterocycles. The molecule has 1 atom stereocenters. The van der Waals surface area contributed by atoms with Gasteiger partial charge in [-0.3, -0.25) is 9.78 Å². The van der Waals surface area contributed by atoms with E-state index in [9.17, 15) is 18.0 Å². The van der Waals surface area contributed by atoms with E-state index < -0.39 is 38.1 Å². The van der Waals surface area contributed by atoms with Crippen LogP contribution in [0.15, 0.2) is 58.9 Å². The first-order valence-electron chi connectivity index (χ1n) is 14.1. The number of aryl methyl sites for hydroxylation is 1. The third kappa shape index (κ3) is 5.01. The minimum Gasteiger partial charge on any atom is -0.398 e. The molecule has 0 spiro atoms. The number of amides is 1. The van der Waals surface area contributed by atoms with E-state index in [1.165, 1.54) is 37.4 Å². The fourth-order valence-electron chi connectivity index (χ4n) is 5.70. The number of ether oxygens (including phenoxy) is 1. The number of hydrogen-bond acceptors (Lipinski definition) is 10. The number of benzene rings is 1. The normalized spacial score (nSPS) is 17.4. The highest BCUT2D eigenvalue weighted by molar-refractivity contribution is 7.92. The highest BCUT2D eigenvalue weighted by atomic mass is 32.2. The van der Waals surface area contributed by atoms with Crippen molar-refractivity contribution in [3.63, 3.8) is 0 Å². The van der Waals surface area contributed by atoms with Gasteiger partial charge in [-0.05, 0) is 44.2 Å². The van der Waals surface area contributed by atoms with E-state index in [-0.39, 0.29) is 89.2 Å². The molecule has 0 unspecified atom stereocenters. The molecule has 45 heavy (non-hydrogen) atoms.